The molecule has 6 nitrogen and oxygen atoms in total. The summed E-state index contributed by atoms with van der Waals surface area (Å²) in [6, 6.07) is 16.2. The number of benzene rings is 2. The van der Waals surface area contributed by atoms with Gasteiger partial charge in [-0.15, -0.1) is 0 Å². The van der Waals surface area contributed by atoms with Gasteiger partial charge in [-0.25, -0.2) is 4.98 Å². The van der Waals surface area contributed by atoms with Crippen molar-refractivity contribution in [1.82, 2.24) is 9.55 Å². The van der Waals surface area contributed by atoms with Gasteiger partial charge in [0.2, 0.25) is 6.54 Å². The third kappa shape index (κ3) is 4.18. The minimum absolute atomic E-state index is 0.236. The lowest BCUT2D eigenvalue weighted by Gasteiger charge is -2.19. The number of para-hydroxylation sites is 1. The van der Waals surface area contributed by atoms with Gasteiger partial charge in [-0.05, 0) is 36.4 Å². The summed E-state index contributed by atoms with van der Waals surface area (Å²) >= 11 is 9.64. The normalized spacial score (nSPS) is 11.9. The minimum Gasteiger partial charge on any atom is -0.371 e. The van der Waals surface area contributed by atoms with Gasteiger partial charge in [-0.1, -0.05) is 45.7 Å². The van der Waals surface area contributed by atoms with Crippen molar-refractivity contribution in [1.29, 1.82) is 0 Å². The van der Waals surface area contributed by atoms with Crippen molar-refractivity contribution in [3.05, 3.63) is 86.4 Å². The topological polar surface area (TPSA) is 73.0 Å². The van der Waals surface area contributed by atoms with Gasteiger partial charge in [0.25, 0.3) is 0 Å². The lowest BCUT2D eigenvalue weighted by Crippen LogP contribution is -2.23. The molecule has 25 heavy (non-hydrogen) atoms. The van der Waals surface area contributed by atoms with E-state index in [1.165, 1.54) is 0 Å². The second kappa shape index (κ2) is 7.67. The molecule has 1 aromatic heterocycles. The molecule has 2 aromatic carbocycles. The minimum atomic E-state index is -0.633. The molecule has 0 radical (unpaired) electrons. The number of anilines is 1. The number of halogens is 2. The lowest BCUT2D eigenvalue weighted by atomic mass is 10.2. The van der Waals surface area contributed by atoms with E-state index in [-0.39, 0.29) is 16.6 Å². The van der Waals surface area contributed by atoms with E-state index in [9.17, 15) is 10.1 Å². The molecule has 128 valence electrons. The van der Waals surface area contributed by atoms with Crippen LogP contribution in [0.15, 0.2) is 65.4 Å². The average molecular weight is 422 g/mol. The average Bonchev–Trinajstić information content (AvgIpc) is 2.98. The highest BCUT2D eigenvalue weighted by molar-refractivity contribution is 9.10. The van der Waals surface area contributed by atoms with Crippen molar-refractivity contribution >= 4 is 33.2 Å². The number of rotatable bonds is 6. The summed E-state index contributed by atoms with van der Waals surface area (Å²) in [5.74, 6) is 0. The number of hydrogen-bond acceptors (Lipinski definition) is 4. The molecule has 1 heterocycles. The zero-order valence-electron chi connectivity index (χ0n) is 13.0. The van der Waals surface area contributed by atoms with E-state index >= 15 is 0 Å². The molecule has 1 atom stereocenters. The molecule has 0 saturated heterocycles. The maximum atomic E-state index is 11.2. The Kier molecular flexibility index (Phi) is 5.35. The molecule has 0 saturated carbocycles. The Bertz CT molecular complexity index is 868. The summed E-state index contributed by atoms with van der Waals surface area (Å²) in [4.78, 5) is 15.0. The molecule has 1 N–H and O–H groups in total. The van der Waals surface area contributed by atoms with Crippen LogP contribution in [0.4, 0.5) is 5.69 Å². The first-order chi connectivity index (χ1) is 12.0. The molecular formula is C17H14BrClN4O2. The zero-order chi connectivity index (χ0) is 17.8. The highest BCUT2D eigenvalue weighted by Crippen LogP contribution is 2.28. The second-order valence-corrected chi connectivity index (χ2v) is 6.62. The predicted molar refractivity (Wildman–Crippen MR) is 101 cm³/mol. The number of nitro groups is 1. The smallest absolute Gasteiger partial charge is 0.229 e. The molecule has 1 unspecified atom stereocenters. The fourth-order valence-electron chi connectivity index (χ4n) is 2.54. The van der Waals surface area contributed by atoms with Crippen LogP contribution in [-0.4, -0.2) is 21.0 Å². The van der Waals surface area contributed by atoms with Crippen molar-refractivity contribution in [3.8, 4) is 5.69 Å². The number of aromatic nitrogens is 2. The van der Waals surface area contributed by atoms with Gasteiger partial charge in [0, 0.05) is 20.8 Å². The monoisotopic (exact) mass is 420 g/mol. The Balaban J connectivity index is 2.00. The van der Waals surface area contributed by atoms with Crippen molar-refractivity contribution < 1.29 is 4.92 Å². The van der Waals surface area contributed by atoms with Crippen LogP contribution >= 0.6 is 27.5 Å². The van der Waals surface area contributed by atoms with Gasteiger partial charge in [0.1, 0.15) is 12.4 Å². The molecule has 8 heteroatoms. The van der Waals surface area contributed by atoms with Gasteiger partial charge in [-0.2, -0.15) is 0 Å². The second-order valence-electron chi connectivity index (χ2n) is 5.35. The molecule has 3 aromatic rings. The highest BCUT2D eigenvalue weighted by Gasteiger charge is 2.26. The number of nitrogens with zero attached hydrogens (tertiary/aromatic N) is 3. The van der Waals surface area contributed by atoms with Crippen molar-refractivity contribution in [3.63, 3.8) is 0 Å². The van der Waals surface area contributed by atoms with Gasteiger partial charge in [0.15, 0.2) is 5.15 Å². The summed E-state index contributed by atoms with van der Waals surface area (Å²) in [5, 5.41) is 14.6. The first kappa shape index (κ1) is 17.4. The molecule has 3 rings (SSSR count). The Hall–Kier alpha value is -2.38. The van der Waals surface area contributed by atoms with Gasteiger partial charge in [0.05, 0.1) is 5.69 Å². The number of imidazole rings is 1. The van der Waals surface area contributed by atoms with Crippen LogP contribution in [0.25, 0.3) is 5.69 Å². The number of hydrogen-bond donors (Lipinski definition) is 1. The quantitative estimate of drug-likeness (QED) is 0.462. The molecule has 0 aliphatic rings. The lowest BCUT2D eigenvalue weighted by molar-refractivity contribution is -0.482. The standard InChI is InChI=1S/C17H14BrClN4O2/c18-12-6-8-13(9-7-12)21-15(10-23(24)25)16-17(19)20-11-22(16)14-4-2-1-3-5-14/h1-9,11,15,21H,10H2. The maximum Gasteiger partial charge on any atom is 0.229 e. The summed E-state index contributed by atoms with van der Waals surface area (Å²) in [6.45, 7) is -0.325. The van der Waals surface area contributed by atoms with E-state index in [2.05, 4.69) is 26.2 Å². The molecule has 0 amide bonds. The number of nitrogens with one attached hydrogen (secondary N) is 1. The SMILES string of the molecule is O=[N+]([O-])CC(Nc1ccc(Br)cc1)c1c(Cl)ncn1-c1ccccc1. The van der Waals surface area contributed by atoms with Crippen LogP contribution in [0.3, 0.4) is 0 Å². The van der Waals surface area contributed by atoms with E-state index < -0.39 is 6.04 Å². The Morgan fingerprint density at radius 3 is 2.52 bits per heavy atom. The fraction of sp³-hybridized carbons (Fsp3) is 0.118. The van der Waals surface area contributed by atoms with Crippen molar-refractivity contribution in [2.45, 2.75) is 6.04 Å². The summed E-state index contributed by atoms with van der Waals surface area (Å²) in [7, 11) is 0. The highest BCUT2D eigenvalue weighted by atomic mass is 79.9. The predicted octanol–water partition coefficient (Wildman–Crippen LogP) is 4.72. The summed E-state index contributed by atoms with van der Waals surface area (Å²) in [6.07, 6.45) is 1.57. The first-order valence-corrected chi connectivity index (χ1v) is 8.64. The molecule has 0 bridgehead atoms. The van der Waals surface area contributed by atoms with E-state index in [0.717, 1.165) is 15.8 Å². The summed E-state index contributed by atoms with van der Waals surface area (Å²) < 4.78 is 2.69. The third-order valence-corrected chi connectivity index (χ3v) is 4.46. The van der Waals surface area contributed by atoms with Crippen molar-refractivity contribution in [2.75, 3.05) is 11.9 Å². The zero-order valence-corrected chi connectivity index (χ0v) is 15.3. The van der Waals surface area contributed by atoms with Crippen LogP contribution in [0.2, 0.25) is 5.15 Å². The molecule has 0 aliphatic carbocycles. The third-order valence-electron chi connectivity index (χ3n) is 3.64. The van der Waals surface area contributed by atoms with Crippen molar-refractivity contribution in [2.24, 2.45) is 0 Å². The van der Waals surface area contributed by atoms with Crippen LogP contribution in [0.1, 0.15) is 11.7 Å². The largest absolute Gasteiger partial charge is 0.371 e. The Labute approximate surface area is 157 Å². The van der Waals surface area contributed by atoms with Crippen LogP contribution in [-0.2, 0) is 0 Å². The van der Waals surface area contributed by atoms with Crippen LogP contribution in [0.5, 0.6) is 0 Å². The maximum absolute atomic E-state index is 11.2. The van der Waals surface area contributed by atoms with E-state index in [1.807, 2.05) is 54.6 Å². The Morgan fingerprint density at radius 2 is 1.88 bits per heavy atom. The molecule has 0 aliphatic heterocycles. The Morgan fingerprint density at radius 1 is 1.20 bits per heavy atom. The van der Waals surface area contributed by atoms with Crippen LogP contribution < -0.4 is 5.32 Å². The van der Waals surface area contributed by atoms with Gasteiger partial charge >= 0.3 is 0 Å². The van der Waals surface area contributed by atoms with E-state index in [0.29, 0.717) is 5.69 Å². The van der Waals surface area contributed by atoms with E-state index in [1.54, 1.807) is 10.9 Å². The van der Waals surface area contributed by atoms with E-state index in [4.69, 9.17) is 11.6 Å². The first-order valence-electron chi connectivity index (χ1n) is 7.46. The van der Waals surface area contributed by atoms with Crippen LogP contribution in [0, 0.1) is 10.1 Å². The molecule has 0 spiro atoms. The molecular weight excluding hydrogens is 408 g/mol. The molecule has 0 fully saturated rings. The summed E-state index contributed by atoms with van der Waals surface area (Å²) in [5.41, 5.74) is 2.14. The van der Waals surface area contributed by atoms with Gasteiger partial charge < -0.3 is 5.32 Å². The fourth-order valence-corrected chi connectivity index (χ4v) is 3.07. The van der Waals surface area contributed by atoms with Gasteiger partial charge in [-0.3, -0.25) is 14.7 Å².